The lowest BCUT2D eigenvalue weighted by molar-refractivity contribution is 0.700. The van der Waals surface area contributed by atoms with Gasteiger partial charge in [0.1, 0.15) is 10.6 Å². The van der Waals surface area contributed by atoms with E-state index in [4.69, 9.17) is 9.97 Å². The molecule has 0 bridgehead atoms. The summed E-state index contributed by atoms with van der Waals surface area (Å²) >= 11 is 1.84. The average Bonchev–Trinajstić information content (AvgIpc) is 3.09. The summed E-state index contributed by atoms with van der Waals surface area (Å²) in [6, 6.07) is 18.7. The number of nitrogens with one attached hydrogen (secondary N) is 1. The summed E-state index contributed by atoms with van der Waals surface area (Å²) in [5.74, 6) is 1.72. The lowest BCUT2D eigenvalue weighted by Gasteiger charge is -2.13. The second kappa shape index (κ2) is 6.78. The van der Waals surface area contributed by atoms with Gasteiger partial charge in [0, 0.05) is 16.1 Å². The largest absolute Gasteiger partial charge is 0.340 e. The Kier molecular flexibility index (Phi) is 4.13. The molecule has 27 heavy (non-hydrogen) atoms. The summed E-state index contributed by atoms with van der Waals surface area (Å²) in [5, 5.41) is 4.79. The fraction of sp³-hybridized carbons (Fsp3) is 0.217. The number of aromatic nitrogens is 2. The lowest BCUT2D eigenvalue weighted by Crippen LogP contribution is -2.02. The molecule has 2 heterocycles. The van der Waals surface area contributed by atoms with Crippen molar-refractivity contribution >= 4 is 33.1 Å². The minimum absolute atomic E-state index is 0.788. The summed E-state index contributed by atoms with van der Waals surface area (Å²) in [7, 11) is 0. The first-order chi connectivity index (χ1) is 13.3. The van der Waals surface area contributed by atoms with Crippen LogP contribution in [0.25, 0.3) is 21.6 Å². The molecule has 0 fully saturated rings. The minimum atomic E-state index is 0.788. The average molecular weight is 372 g/mol. The van der Waals surface area contributed by atoms with E-state index < -0.39 is 0 Å². The SMILES string of the molecule is Cc1ccc(Nc2nc(-c3ccccc3)nc3sc4c(c23)CCCC4)cc1. The summed E-state index contributed by atoms with van der Waals surface area (Å²) in [6.07, 6.45) is 4.83. The highest BCUT2D eigenvalue weighted by Gasteiger charge is 2.21. The number of benzene rings is 2. The van der Waals surface area contributed by atoms with Crippen molar-refractivity contribution in [2.45, 2.75) is 32.6 Å². The molecule has 134 valence electrons. The monoisotopic (exact) mass is 371 g/mol. The Balaban J connectivity index is 1.69. The Morgan fingerprint density at radius 3 is 2.48 bits per heavy atom. The van der Waals surface area contributed by atoms with Crippen LogP contribution in [0, 0.1) is 6.92 Å². The number of thiophene rings is 1. The fourth-order valence-electron chi connectivity index (χ4n) is 3.74. The van der Waals surface area contributed by atoms with Crippen LogP contribution in [0.4, 0.5) is 11.5 Å². The van der Waals surface area contributed by atoms with Gasteiger partial charge in [-0.3, -0.25) is 0 Å². The van der Waals surface area contributed by atoms with Crippen LogP contribution in [0.2, 0.25) is 0 Å². The predicted octanol–water partition coefficient (Wildman–Crippen LogP) is 6.29. The quantitative estimate of drug-likeness (QED) is 0.460. The Hall–Kier alpha value is -2.72. The number of rotatable bonds is 3. The predicted molar refractivity (Wildman–Crippen MR) is 114 cm³/mol. The van der Waals surface area contributed by atoms with Crippen LogP contribution in [-0.4, -0.2) is 9.97 Å². The third-order valence-electron chi connectivity index (χ3n) is 5.16. The molecule has 3 nitrogen and oxygen atoms in total. The third kappa shape index (κ3) is 3.10. The molecule has 1 aliphatic carbocycles. The molecule has 5 rings (SSSR count). The van der Waals surface area contributed by atoms with Gasteiger partial charge in [-0.15, -0.1) is 11.3 Å². The van der Waals surface area contributed by atoms with Gasteiger partial charge < -0.3 is 5.32 Å². The van der Waals surface area contributed by atoms with E-state index in [2.05, 4.69) is 48.6 Å². The van der Waals surface area contributed by atoms with Crippen LogP contribution >= 0.6 is 11.3 Å². The molecule has 0 radical (unpaired) electrons. The number of fused-ring (bicyclic) bond motifs is 3. The number of hydrogen-bond acceptors (Lipinski definition) is 4. The summed E-state index contributed by atoms with van der Waals surface area (Å²) in [5.41, 5.74) is 4.83. The van der Waals surface area contributed by atoms with Crippen molar-refractivity contribution in [2.75, 3.05) is 5.32 Å². The van der Waals surface area contributed by atoms with Crippen molar-refractivity contribution in [3.63, 3.8) is 0 Å². The van der Waals surface area contributed by atoms with E-state index >= 15 is 0 Å². The van der Waals surface area contributed by atoms with Gasteiger partial charge in [-0.25, -0.2) is 9.97 Å². The minimum Gasteiger partial charge on any atom is -0.340 e. The molecule has 2 aromatic carbocycles. The zero-order valence-corrected chi connectivity index (χ0v) is 16.1. The molecule has 0 saturated heterocycles. The lowest BCUT2D eigenvalue weighted by atomic mass is 9.97. The second-order valence-corrected chi connectivity index (χ2v) is 8.23. The van der Waals surface area contributed by atoms with Crippen molar-refractivity contribution in [1.82, 2.24) is 9.97 Å². The maximum atomic E-state index is 4.95. The molecule has 0 aliphatic heterocycles. The first kappa shape index (κ1) is 16.5. The molecule has 4 heteroatoms. The first-order valence-electron chi connectivity index (χ1n) is 9.49. The highest BCUT2D eigenvalue weighted by Crippen LogP contribution is 2.40. The molecule has 0 spiro atoms. The molecular weight excluding hydrogens is 350 g/mol. The Morgan fingerprint density at radius 2 is 1.67 bits per heavy atom. The molecule has 0 saturated carbocycles. The van der Waals surface area contributed by atoms with Crippen molar-refractivity contribution in [3.8, 4) is 11.4 Å². The molecule has 0 atom stereocenters. The topological polar surface area (TPSA) is 37.8 Å². The standard InChI is InChI=1S/C23H21N3S/c1-15-11-13-17(14-12-15)24-22-20-18-9-5-6-10-19(18)27-23(20)26-21(25-22)16-7-3-2-4-8-16/h2-4,7-8,11-14H,5-6,9-10H2,1H3,(H,24,25,26). The fourth-order valence-corrected chi connectivity index (χ4v) is 5.00. The molecule has 0 unspecified atom stereocenters. The van der Waals surface area contributed by atoms with Crippen molar-refractivity contribution < 1.29 is 0 Å². The van der Waals surface area contributed by atoms with Gasteiger partial charge in [0.15, 0.2) is 5.82 Å². The summed E-state index contributed by atoms with van der Waals surface area (Å²) in [4.78, 5) is 12.5. The highest BCUT2D eigenvalue weighted by atomic mass is 32.1. The number of anilines is 2. The second-order valence-electron chi connectivity index (χ2n) is 7.14. The van der Waals surface area contributed by atoms with Gasteiger partial charge in [0.2, 0.25) is 0 Å². The van der Waals surface area contributed by atoms with Crippen molar-refractivity contribution in [1.29, 1.82) is 0 Å². The van der Waals surface area contributed by atoms with Crippen LogP contribution in [0.3, 0.4) is 0 Å². The van der Waals surface area contributed by atoms with E-state index in [1.807, 2.05) is 29.5 Å². The highest BCUT2D eigenvalue weighted by molar-refractivity contribution is 7.19. The van der Waals surface area contributed by atoms with E-state index in [1.54, 1.807) is 0 Å². The van der Waals surface area contributed by atoms with Gasteiger partial charge in [-0.2, -0.15) is 0 Å². The smallest absolute Gasteiger partial charge is 0.163 e. The van der Waals surface area contributed by atoms with Crippen molar-refractivity contribution in [3.05, 3.63) is 70.6 Å². The molecular formula is C23H21N3S. The van der Waals surface area contributed by atoms with E-state index in [9.17, 15) is 0 Å². The molecule has 1 aliphatic rings. The molecule has 0 amide bonds. The Morgan fingerprint density at radius 1 is 0.889 bits per heavy atom. The van der Waals surface area contributed by atoms with E-state index in [0.717, 1.165) is 34.1 Å². The van der Waals surface area contributed by atoms with E-state index in [0.29, 0.717) is 0 Å². The summed E-state index contributed by atoms with van der Waals surface area (Å²) < 4.78 is 0. The van der Waals surface area contributed by atoms with Crippen LogP contribution in [0.1, 0.15) is 28.8 Å². The summed E-state index contributed by atoms with van der Waals surface area (Å²) in [6.45, 7) is 2.11. The normalized spacial score (nSPS) is 13.5. The van der Waals surface area contributed by atoms with Gasteiger partial charge in [-0.1, -0.05) is 48.0 Å². The van der Waals surface area contributed by atoms with Crippen molar-refractivity contribution in [2.24, 2.45) is 0 Å². The number of hydrogen-bond donors (Lipinski definition) is 1. The number of aryl methyl sites for hydroxylation is 3. The van der Waals surface area contributed by atoms with Gasteiger partial charge in [0.25, 0.3) is 0 Å². The molecule has 1 N–H and O–H groups in total. The molecule has 4 aromatic rings. The first-order valence-corrected chi connectivity index (χ1v) is 10.3. The van der Waals surface area contributed by atoms with Gasteiger partial charge in [-0.05, 0) is 50.3 Å². The van der Waals surface area contributed by atoms with Crippen LogP contribution in [0.5, 0.6) is 0 Å². The van der Waals surface area contributed by atoms with Gasteiger partial charge in [0.05, 0.1) is 5.39 Å². The van der Waals surface area contributed by atoms with Gasteiger partial charge >= 0.3 is 0 Å². The van der Waals surface area contributed by atoms with E-state index in [1.165, 1.54) is 40.7 Å². The number of nitrogens with zero attached hydrogens (tertiary/aromatic N) is 2. The Labute approximate surface area is 163 Å². The van der Waals surface area contributed by atoms with E-state index in [-0.39, 0.29) is 0 Å². The van der Waals surface area contributed by atoms with Crippen LogP contribution < -0.4 is 5.32 Å². The van der Waals surface area contributed by atoms with Crippen LogP contribution in [0.15, 0.2) is 54.6 Å². The maximum Gasteiger partial charge on any atom is 0.163 e. The molecule has 2 aromatic heterocycles. The zero-order valence-electron chi connectivity index (χ0n) is 15.3. The maximum absolute atomic E-state index is 4.95. The zero-order chi connectivity index (χ0) is 18.2. The Bertz CT molecular complexity index is 1100. The third-order valence-corrected chi connectivity index (χ3v) is 6.35. The van der Waals surface area contributed by atoms with Crippen LogP contribution in [-0.2, 0) is 12.8 Å².